The number of hydrogen-bond acceptors (Lipinski definition) is 7. The van der Waals surface area contributed by atoms with Crippen molar-refractivity contribution in [3.8, 4) is 0 Å². The zero-order valence-corrected chi connectivity index (χ0v) is 17.1. The Hall–Kier alpha value is -2.19. The first-order valence-corrected chi connectivity index (χ1v) is 9.57. The molecule has 0 N–H and O–H groups in total. The van der Waals surface area contributed by atoms with Crippen molar-refractivity contribution in [1.82, 2.24) is 14.5 Å². The second-order valence-corrected chi connectivity index (χ2v) is 8.91. The van der Waals surface area contributed by atoms with Gasteiger partial charge < -0.3 is 23.5 Å². The average Bonchev–Trinajstić information content (AvgIpc) is 3.18. The van der Waals surface area contributed by atoms with Gasteiger partial charge in [0.1, 0.15) is 35.9 Å². The molecule has 8 heteroatoms. The Kier molecular flexibility index (Phi) is 4.39. The molecule has 8 nitrogen and oxygen atoms in total. The average molecular weight is 389 g/mol. The van der Waals surface area contributed by atoms with Gasteiger partial charge in [-0.1, -0.05) is 0 Å². The predicted molar refractivity (Wildman–Crippen MR) is 101 cm³/mol. The second-order valence-electron chi connectivity index (χ2n) is 8.91. The Bertz CT molecular complexity index is 901. The molecule has 2 fully saturated rings. The van der Waals surface area contributed by atoms with Crippen molar-refractivity contribution in [1.29, 1.82) is 0 Å². The van der Waals surface area contributed by atoms with E-state index < -0.39 is 23.6 Å². The summed E-state index contributed by atoms with van der Waals surface area (Å²) in [5.41, 5.74) is 1.14. The number of nitrogens with zero attached hydrogens (tertiary/aromatic N) is 3. The number of aromatic nitrogens is 3. The van der Waals surface area contributed by atoms with Crippen LogP contribution < -0.4 is 0 Å². The molecule has 0 spiro atoms. The van der Waals surface area contributed by atoms with E-state index in [1.54, 1.807) is 27.1 Å². The van der Waals surface area contributed by atoms with Gasteiger partial charge in [-0.2, -0.15) is 0 Å². The Labute approximate surface area is 164 Å². The lowest BCUT2D eigenvalue weighted by Gasteiger charge is -2.25. The van der Waals surface area contributed by atoms with Crippen molar-refractivity contribution < 1.29 is 23.7 Å². The van der Waals surface area contributed by atoms with Gasteiger partial charge in [0.15, 0.2) is 5.79 Å². The SMILES string of the molecule is Cc1ncnc2c1ccn2[C@@H]1C[C@H](OC(=O)OC(C)(C)C)[C@H]2OC(C)(C)O[C@H]21. The third-order valence-electron chi connectivity index (χ3n) is 5.09. The summed E-state index contributed by atoms with van der Waals surface area (Å²) in [6.45, 7) is 11.1. The lowest BCUT2D eigenvalue weighted by atomic mass is 10.2. The first-order valence-electron chi connectivity index (χ1n) is 9.57. The van der Waals surface area contributed by atoms with Crippen molar-refractivity contribution >= 4 is 17.2 Å². The Morgan fingerprint density at radius 3 is 2.68 bits per heavy atom. The number of carbonyl (C=O) groups is 1. The van der Waals surface area contributed by atoms with Crippen LogP contribution in [0.15, 0.2) is 18.6 Å². The van der Waals surface area contributed by atoms with E-state index in [1.165, 1.54) is 0 Å². The normalized spacial score (nSPS) is 29.1. The fourth-order valence-corrected chi connectivity index (χ4v) is 4.06. The molecular weight excluding hydrogens is 362 g/mol. The van der Waals surface area contributed by atoms with Crippen molar-refractivity contribution in [2.75, 3.05) is 0 Å². The van der Waals surface area contributed by atoms with E-state index >= 15 is 0 Å². The lowest BCUT2D eigenvalue weighted by molar-refractivity contribution is -0.168. The van der Waals surface area contributed by atoms with Crippen molar-refractivity contribution in [3.05, 3.63) is 24.3 Å². The highest BCUT2D eigenvalue weighted by Gasteiger charge is 2.56. The minimum absolute atomic E-state index is 0.0778. The highest BCUT2D eigenvalue weighted by atomic mass is 16.8. The summed E-state index contributed by atoms with van der Waals surface area (Å²) >= 11 is 0. The first kappa shape index (κ1) is 19.1. The number of ether oxygens (including phenoxy) is 4. The molecule has 2 aromatic rings. The van der Waals surface area contributed by atoms with Gasteiger partial charge in [-0.05, 0) is 47.6 Å². The fraction of sp³-hybridized carbons (Fsp3) is 0.650. The van der Waals surface area contributed by atoms with E-state index in [4.69, 9.17) is 18.9 Å². The minimum Gasteiger partial charge on any atom is -0.429 e. The van der Waals surface area contributed by atoms with Crippen LogP contribution in [-0.4, -0.2) is 50.4 Å². The van der Waals surface area contributed by atoms with Crippen LogP contribution in [0.25, 0.3) is 11.0 Å². The Morgan fingerprint density at radius 2 is 1.96 bits per heavy atom. The molecule has 1 aliphatic carbocycles. The molecule has 3 heterocycles. The summed E-state index contributed by atoms with van der Waals surface area (Å²) in [4.78, 5) is 21.0. The first-order chi connectivity index (χ1) is 13.0. The maximum absolute atomic E-state index is 12.2. The van der Waals surface area contributed by atoms with Gasteiger partial charge in [0, 0.05) is 18.0 Å². The monoisotopic (exact) mass is 389 g/mol. The quantitative estimate of drug-likeness (QED) is 0.727. The number of fused-ring (bicyclic) bond motifs is 2. The molecule has 0 aromatic carbocycles. The van der Waals surface area contributed by atoms with Crippen molar-refractivity contribution in [3.63, 3.8) is 0 Å². The molecule has 0 bridgehead atoms. The molecule has 4 atom stereocenters. The van der Waals surface area contributed by atoms with Crippen molar-refractivity contribution in [2.45, 2.75) is 83.7 Å². The molecule has 2 aliphatic rings. The van der Waals surface area contributed by atoms with Crippen LogP contribution in [0.3, 0.4) is 0 Å². The molecule has 4 rings (SSSR count). The molecule has 28 heavy (non-hydrogen) atoms. The molecule has 152 valence electrons. The largest absolute Gasteiger partial charge is 0.509 e. The van der Waals surface area contributed by atoms with Crippen LogP contribution in [-0.2, 0) is 18.9 Å². The summed E-state index contributed by atoms with van der Waals surface area (Å²) in [7, 11) is 0. The van der Waals surface area contributed by atoms with Gasteiger partial charge in [-0.25, -0.2) is 14.8 Å². The van der Waals surface area contributed by atoms with Gasteiger partial charge in [0.2, 0.25) is 0 Å². The highest BCUT2D eigenvalue weighted by molar-refractivity contribution is 5.78. The molecule has 1 saturated carbocycles. The molecule has 0 unspecified atom stereocenters. The summed E-state index contributed by atoms with van der Waals surface area (Å²) in [6.07, 6.45) is 2.32. The molecule has 2 aromatic heterocycles. The van der Waals surface area contributed by atoms with E-state index in [1.807, 2.05) is 33.0 Å². The van der Waals surface area contributed by atoms with E-state index in [0.29, 0.717) is 6.42 Å². The number of rotatable bonds is 2. The van der Waals surface area contributed by atoms with E-state index in [2.05, 4.69) is 14.5 Å². The maximum Gasteiger partial charge on any atom is 0.509 e. The summed E-state index contributed by atoms with van der Waals surface area (Å²) < 4.78 is 25.3. The zero-order valence-electron chi connectivity index (χ0n) is 17.1. The van der Waals surface area contributed by atoms with Gasteiger partial charge in [-0.15, -0.1) is 0 Å². The standard InChI is InChI=1S/C20H27N3O5/c1-11-12-7-8-23(17(12)22-10-21-11)13-9-14(25-18(24)28-19(2,3)4)16-15(13)26-20(5,6)27-16/h7-8,10,13-16H,9H2,1-6H3/t13-,14+,15+,16-/m1/s1. The van der Waals surface area contributed by atoms with E-state index in [9.17, 15) is 4.79 Å². The summed E-state index contributed by atoms with van der Waals surface area (Å²) in [6, 6.07) is 1.92. The molecular formula is C20H27N3O5. The maximum atomic E-state index is 12.2. The van der Waals surface area contributed by atoms with E-state index in [0.717, 1.165) is 16.7 Å². The van der Waals surface area contributed by atoms with Crippen LogP contribution >= 0.6 is 0 Å². The van der Waals surface area contributed by atoms with Crippen LogP contribution in [0.4, 0.5) is 4.79 Å². The number of aryl methyl sites for hydroxylation is 1. The van der Waals surface area contributed by atoms with Crippen molar-refractivity contribution in [2.24, 2.45) is 0 Å². The second kappa shape index (κ2) is 6.42. The van der Waals surface area contributed by atoms with Crippen LogP contribution in [0.5, 0.6) is 0 Å². The smallest absolute Gasteiger partial charge is 0.429 e. The van der Waals surface area contributed by atoms with Crippen LogP contribution in [0, 0.1) is 6.92 Å². The number of hydrogen-bond donors (Lipinski definition) is 0. The predicted octanol–water partition coefficient (Wildman–Crippen LogP) is 3.52. The Balaban J connectivity index is 1.63. The lowest BCUT2D eigenvalue weighted by Crippen LogP contribution is -2.34. The van der Waals surface area contributed by atoms with Gasteiger partial charge in [-0.3, -0.25) is 0 Å². The van der Waals surface area contributed by atoms with E-state index in [-0.39, 0.29) is 18.2 Å². The zero-order chi connectivity index (χ0) is 20.3. The minimum atomic E-state index is -0.753. The third-order valence-corrected chi connectivity index (χ3v) is 5.09. The van der Waals surface area contributed by atoms with Gasteiger partial charge in [0.25, 0.3) is 0 Å². The van der Waals surface area contributed by atoms with Gasteiger partial charge in [0.05, 0.1) is 11.7 Å². The molecule has 0 radical (unpaired) electrons. The van der Waals surface area contributed by atoms with Crippen LogP contribution in [0.2, 0.25) is 0 Å². The molecule has 1 saturated heterocycles. The van der Waals surface area contributed by atoms with Crippen LogP contribution in [0.1, 0.15) is 52.8 Å². The fourth-order valence-electron chi connectivity index (χ4n) is 4.06. The third kappa shape index (κ3) is 3.46. The summed E-state index contributed by atoms with van der Waals surface area (Å²) in [5.74, 6) is -0.753. The number of carbonyl (C=O) groups excluding carboxylic acids is 1. The Morgan fingerprint density at radius 1 is 1.25 bits per heavy atom. The molecule has 1 aliphatic heterocycles. The summed E-state index contributed by atoms with van der Waals surface area (Å²) in [5, 5.41) is 0.994. The molecule has 0 amide bonds. The highest BCUT2D eigenvalue weighted by Crippen LogP contribution is 2.46. The van der Waals surface area contributed by atoms with Gasteiger partial charge >= 0.3 is 6.16 Å². The topological polar surface area (TPSA) is 84.7 Å².